The molecule has 1 saturated heterocycles. The fourth-order valence-corrected chi connectivity index (χ4v) is 3.75. The van der Waals surface area contributed by atoms with E-state index >= 15 is 0 Å². The third-order valence-corrected chi connectivity index (χ3v) is 5.25. The van der Waals surface area contributed by atoms with E-state index in [4.69, 9.17) is 0 Å². The van der Waals surface area contributed by atoms with Crippen LogP contribution in [0.5, 0.6) is 0 Å². The topological polar surface area (TPSA) is 63.1 Å². The van der Waals surface area contributed by atoms with Gasteiger partial charge in [0, 0.05) is 43.6 Å². The Hall–Kier alpha value is -1.89. The molecule has 23 heavy (non-hydrogen) atoms. The average Bonchev–Trinajstić information content (AvgIpc) is 3.26. The van der Waals surface area contributed by atoms with Gasteiger partial charge in [-0.05, 0) is 31.2 Å². The third-order valence-electron chi connectivity index (χ3n) is 4.36. The summed E-state index contributed by atoms with van der Waals surface area (Å²) in [5.74, 6) is 0.597. The summed E-state index contributed by atoms with van der Waals surface area (Å²) in [5, 5.41) is 10.3. The average molecular weight is 333 g/mol. The van der Waals surface area contributed by atoms with E-state index in [2.05, 4.69) is 22.3 Å². The molecule has 1 aliphatic rings. The molecule has 0 radical (unpaired) electrons. The smallest absolute Gasteiger partial charge is 0.317 e. The molecule has 2 amide bonds. The van der Waals surface area contributed by atoms with Crippen molar-refractivity contribution in [3.63, 3.8) is 0 Å². The lowest BCUT2D eigenvalue weighted by atomic mass is 9.97. The van der Waals surface area contributed by atoms with E-state index < -0.39 is 0 Å². The van der Waals surface area contributed by atoms with Crippen molar-refractivity contribution in [2.24, 2.45) is 5.92 Å². The number of carbonyl (C=O) groups excluding carboxylic acids is 1. The van der Waals surface area contributed by atoms with E-state index in [0.29, 0.717) is 5.92 Å². The van der Waals surface area contributed by atoms with Gasteiger partial charge in [-0.2, -0.15) is 5.10 Å². The Morgan fingerprint density at radius 3 is 2.87 bits per heavy atom. The first-order valence-electron chi connectivity index (χ1n) is 8.18. The highest BCUT2D eigenvalue weighted by Gasteiger charge is 2.25. The normalized spacial score (nSPS) is 17.2. The van der Waals surface area contributed by atoms with Crippen LogP contribution < -0.4 is 5.32 Å². The summed E-state index contributed by atoms with van der Waals surface area (Å²) in [6, 6.07) is 2.00. The molecule has 1 unspecified atom stereocenters. The predicted molar refractivity (Wildman–Crippen MR) is 90.2 cm³/mol. The SMILES string of the molecule is CCC(NC(=O)N1CCC(Cn2cccn2)CC1)c1nccs1. The molecule has 0 aromatic carbocycles. The van der Waals surface area contributed by atoms with E-state index in [1.54, 1.807) is 17.5 Å². The summed E-state index contributed by atoms with van der Waals surface area (Å²) >= 11 is 1.59. The molecule has 1 N–H and O–H groups in total. The number of hydrogen-bond donors (Lipinski definition) is 1. The maximum absolute atomic E-state index is 12.5. The minimum Gasteiger partial charge on any atom is -0.329 e. The van der Waals surface area contributed by atoms with E-state index in [1.807, 2.05) is 33.4 Å². The van der Waals surface area contributed by atoms with E-state index in [1.165, 1.54) is 0 Å². The molecule has 1 aliphatic heterocycles. The lowest BCUT2D eigenvalue weighted by Crippen LogP contribution is -2.45. The quantitative estimate of drug-likeness (QED) is 0.915. The Morgan fingerprint density at radius 2 is 2.26 bits per heavy atom. The van der Waals surface area contributed by atoms with Crippen molar-refractivity contribution >= 4 is 17.4 Å². The number of nitrogens with one attached hydrogen (secondary N) is 1. The molecular weight excluding hydrogens is 310 g/mol. The van der Waals surface area contributed by atoms with Crippen molar-refractivity contribution in [2.45, 2.75) is 38.8 Å². The van der Waals surface area contributed by atoms with Gasteiger partial charge in [-0.15, -0.1) is 11.3 Å². The maximum atomic E-state index is 12.5. The number of nitrogens with zero attached hydrogens (tertiary/aromatic N) is 4. The number of amides is 2. The standard InChI is InChI=1S/C16H23N5OS/c1-2-14(15-17-7-11-23-15)19-16(22)20-9-4-13(5-10-20)12-21-8-3-6-18-21/h3,6-8,11,13-14H,2,4-5,9-10,12H2,1H3,(H,19,22). The Balaban J connectivity index is 1.48. The van der Waals surface area contributed by atoms with Gasteiger partial charge < -0.3 is 10.2 Å². The highest BCUT2D eigenvalue weighted by Crippen LogP contribution is 2.22. The molecule has 3 heterocycles. The number of carbonyl (C=O) groups is 1. The van der Waals surface area contributed by atoms with Crippen LogP contribution in [0.1, 0.15) is 37.2 Å². The Morgan fingerprint density at radius 1 is 1.43 bits per heavy atom. The van der Waals surface area contributed by atoms with Gasteiger partial charge in [0.25, 0.3) is 0 Å². The number of hydrogen-bond acceptors (Lipinski definition) is 4. The summed E-state index contributed by atoms with van der Waals surface area (Å²) in [4.78, 5) is 18.7. The lowest BCUT2D eigenvalue weighted by molar-refractivity contribution is 0.161. The van der Waals surface area contributed by atoms with Crippen LogP contribution in [0.4, 0.5) is 4.79 Å². The first-order chi connectivity index (χ1) is 11.3. The second-order valence-electron chi connectivity index (χ2n) is 5.94. The molecule has 124 valence electrons. The molecule has 1 fully saturated rings. The summed E-state index contributed by atoms with van der Waals surface area (Å²) in [6.07, 6.45) is 8.51. The van der Waals surface area contributed by atoms with Crippen molar-refractivity contribution < 1.29 is 4.79 Å². The van der Waals surface area contributed by atoms with Crippen LogP contribution in [-0.2, 0) is 6.54 Å². The second-order valence-corrected chi connectivity index (χ2v) is 6.87. The molecule has 6 nitrogen and oxygen atoms in total. The highest BCUT2D eigenvalue weighted by atomic mass is 32.1. The molecular formula is C16H23N5OS. The Bertz CT molecular complexity index is 590. The number of rotatable bonds is 5. The predicted octanol–water partition coefficient (Wildman–Crippen LogP) is 2.91. The minimum absolute atomic E-state index is 0.0179. The fourth-order valence-electron chi connectivity index (χ4n) is 2.98. The van der Waals surface area contributed by atoms with Crippen LogP contribution in [0.15, 0.2) is 30.0 Å². The van der Waals surface area contributed by atoms with Gasteiger partial charge in [0.05, 0.1) is 6.04 Å². The zero-order valence-electron chi connectivity index (χ0n) is 13.4. The monoisotopic (exact) mass is 333 g/mol. The summed E-state index contributed by atoms with van der Waals surface area (Å²) < 4.78 is 1.98. The van der Waals surface area contributed by atoms with Crippen molar-refractivity contribution in [1.29, 1.82) is 0 Å². The number of thiazole rings is 1. The first-order valence-corrected chi connectivity index (χ1v) is 9.06. The van der Waals surface area contributed by atoms with Gasteiger partial charge in [0.15, 0.2) is 0 Å². The zero-order valence-corrected chi connectivity index (χ0v) is 14.2. The van der Waals surface area contributed by atoms with Gasteiger partial charge in [-0.3, -0.25) is 4.68 Å². The molecule has 0 saturated carbocycles. The number of likely N-dealkylation sites (tertiary alicyclic amines) is 1. The van der Waals surface area contributed by atoms with Crippen molar-refractivity contribution in [1.82, 2.24) is 25.0 Å². The van der Waals surface area contributed by atoms with Gasteiger partial charge in [0.1, 0.15) is 5.01 Å². The second kappa shape index (κ2) is 7.59. The molecule has 0 bridgehead atoms. The van der Waals surface area contributed by atoms with Crippen LogP contribution in [-0.4, -0.2) is 38.8 Å². The Kier molecular flexibility index (Phi) is 5.27. The highest BCUT2D eigenvalue weighted by molar-refractivity contribution is 7.09. The van der Waals surface area contributed by atoms with Crippen LogP contribution in [0, 0.1) is 5.92 Å². The van der Waals surface area contributed by atoms with Crippen LogP contribution in [0.2, 0.25) is 0 Å². The largest absolute Gasteiger partial charge is 0.329 e. The van der Waals surface area contributed by atoms with Gasteiger partial charge in [-0.1, -0.05) is 6.92 Å². The molecule has 0 spiro atoms. The van der Waals surface area contributed by atoms with Crippen LogP contribution in [0.25, 0.3) is 0 Å². The van der Waals surface area contributed by atoms with Gasteiger partial charge in [-0.25, -0.2) is 9.78 Å². The van der Waals surface area contributed by atoms with Crippen LogP contribution >= 0.6 is 11.3 Å². The molecule has 7 heteroatoms. The first kappa shape index (κ1) is 16.0. The fraction of sp³-hybridized carbons (Fsp3) is 0.562. The van der Waals surface area contributed by atoms with Crippen molar-refractivity contribution in [2.75, 3.05) is 13.1 Å². The summed E-state index contributed by atoms with van der Waals surface area (Å²) in [5.41, 5.74) is 0. The number of aromatic nitrogens is 3. The van der Waals surface area contributed by atoms with E-state index in [0.717, 1.165) is 43.9 Å². The zero-order chi connectivity index (χ0) is 16.1. The van der Waals surface area contributed by atoms with E-state index in [9.17, 15) is 4.79 Å². The molecule has 3 rings (SSSR count). The third kappa shape index (κ3) is 4.10. The number of piperidine rings is 1. The lowest BCUT2D eigenvalue weighted by Gasteiger charge is -2.33. The molecule has 2 aromatic rings. The summed E-state index contributed by atoms with van der Waals surface area (Å²) in [7, 11) is 0. The van der Waals surface area contributed by atoms with E-state index in [-0.39, 0.29) is 12.1 Å². The van der Waals surface area contributed by atoms with Crippen molar-refractivity contribution in [3.8, 4) is 0 Å². The molecule has 0 aliphatic carbocycles. The van der Waals surface area contributed by atoms with Crippen LogP contribution in [0.3, 0.4) is 0 Å². The Labute approximate surface area is 140 Å². The molecule has 2 aromatic heterocycles. The number of urea groups is 1. The van der Waals surface area contributed by atoms with Crippen molar-refractivity contribution in [3.05, 3.63) is 35.0 Å². The summed E-state index contributed by atoms with van der Waals surface area (Å²) in [6.45, 7) is 4.64. The van der Waals surface area contributed by atoms with Gasteiger partial charge in [0.2, 0.25) is 0 Å². The van der Waals surface area contributed by atoms with Gasteiger partial charge >= 0.3 is 6.03 Å². The maximum Gasteiger partial charge on any atom is 0.317 e. The molecule has 1 atom stereocenters. The minimum atomic E-state index is 0.0179.